The molecule has 6 nitrogen and oxygen atoms in total. The number of ether oxygens (including phenoxy) is 2. The van der Waals surface area contributed by atoms with E-state index in [1.165, 1.54) is 50.6 Å². The van der Waals surface area contributed by atoms with Gasteiger partial charge in [0.15, 0.2) is 5.78 Å². The minimum absolute atomic E-state index is 0.146. The molecular weight excluding hydrogens is 408 g/mol. The highest BCUT2D eigenvalue weighted by Gasteiger charge is 2.23. The molecule has 0 aromatic heterocycles. The molecule has 162 valence electrons. The van der Waals surface area contributed by atoms with Crippen molar-refractivity contribution in [2.45, 2.75) is 6.10 Å². The SMILES string of the molecule is COC(=O)c1ccc(C(=O)/C(=C\c2ccccc2)C(O)c2ccc(C(=O)OC)cc2)cc1. The van der Waals surface area contributed by atoms with Crippen LogP contribution in [0.5, 0.6) is 0 Å². The lowest BCUT2D eigenvalue weighted by atomic mass is 9.92. The second kappa shape index (κ2) is 10.3. The van der Waals surface area contributed by atoms with Gasteiger partial charge in [-0.15, -0.1) is 0 Å². The number of carbonyl (C=O) groups excluding carboxylic acids is 3. The summed E-state index contributed by atoms with van der Waals surface area (Å²) in [6.07, 6.45) is 0.379. The molecule has 32 heavy (non-hydrogen) atoms. The molecule has 0 amide bonds. The second-order valence-corrected chi connectivity index (χ2v) is 6.92. The smallest absolute Gasteiger partial charge is 0.337 e. The van der Waals surface area contributed by atoms with Crippen LogP contribution < -0.4 is 0 Å². The van der Waals surface area contributed by atoms with Gasteiger partial charge in [-0.1, -0.05) is 54.6 Å². The highest BCUT2D eigenvalue weighted by molar-refractivity contribution is 6.12. The van der Waals surface area contributed by atoms with Crippen LogP contribution >= 0.6 is 0 Å². The Morgan fingerprint density at radius 2 is 1.19 bits per heavy atom. The van der Waals surface area contributed by atoms with Crippen LogP contribution in [0.3, 0.4) is 0 Å². The van der Waals surface area contributed by atoms with Gasteiger partial charge in [-0.3, -0.25) is 4.79 Å². The van der Waals surface area contributed by atoms with Crippen molar-refractivity contribution in [3.63, 3.8) is 0 Å². The Morgan fingerprint density at radius 3 is 1.69 bits per heavy atom. The van der Waals surface area contributed by atoms with Crippen LogP contribution in [-0.4, -0.2) is 37.0 Å². The van der Waals surface area contributed by atoms with Crippen molar-refractivity contribution in [1.29, 1.82) is 0 Å². The summed E-state index contributed by atoms with van der Waals surface area (Å²) in [5, 5.41) is 11.1. The van der Waals surface area contributed by atoms with E-state index in [1.54, 1.807) is 18.2 Å². The number of rotatable bonds is 7. The van der Waals surface area contributed by atoms with Crippen LogP contribution in [0.1, 0.15) is 48.3 Å². The van der Waals surface area contributed by atoms with Gasteiger partial charge in [0.1, 0.15) is 6.10 Å². The number of methoxy groups -OCH3 is 2. The lowest BCUT2D eigenvalue weighted by Gasteiger charge is -2.16. The Hall–Kier alpha value is -4.03. The number of aliphatic hydroxyl groups excluding tert-OH is 1. The van der Waals surface area contributed by atoms with Gasteiger partial charge < -0.3 is 14.6 Å². The molecule has 0 bridgehead atoms. The molecule has 0 fully saturated rings. The molecule has 0 heterocycles. The van der Waals surface area contributed by atoms with Crippen molar-refractivity contribution in [2.75, 3.05) is 14.2 Å². The molecule has 0 aliphatic rings. The molecule has 1 atom stereocenters. The predicted octanol–water partition coefficient (Wildman–Crippen LogP) is 4.26. The van der Waals surface area contributed by atoms with E-state index in [-0.39, 0.29) is 5.57 Å². The van der Waals surface area contributed by atoms with Crippen molar-refractivity contribution in [1.82, 2.24) is 0 Å². The molecular formula is C26H22O6. The first-order chi connectivity index (χ1) is 15.4. The highest BCUT2D eigenvalue weighted by Crippen LogP contribution is 2.27. The van der Waals surface area contributed by atoms with Crippen LogP contribution in [-0.2, 0) is 9.47 Å². The molecule has 0 aliphatic heterocycles. The van der Waals surface area contributed by atoms with E-state index in [9.17, 15) is 19.5 Å². The lowest BCUT2D eigenvalue weighted by Crippen LogP contribution is -2.13. The summed E-state index contributed by atoms with van der Waals surface area (Å²) in [6, 6.07) is 21.4. The number of hydrogen-bond donors (Lipinski definition) is 1. The topological polar surface area (TPSA) is 89.9 Å². The molecule has 0 aliphatic carbocycles. The van der Waals surface area contributed by atoms with Crippen molar-refractivity contribution in [2.24, 2.45) is 0 Å². The van der Waals surface area contributed by atoms with Crippen molar-refractivity contribution in [3.05, 3.63) is 112 Å². The molecule has 0 radical (unpaired) electrons. The van der Waals surface area contributed by atoms with Gasteiger partial charge in [-0.2, -0.15) is 0 Å². The van der Waals surface area contributed by atoms with Gasteiger partial charge in [-0.25, -0.2) is 9.59 Å². The van der Waals surface area contributed by atoms with Crippen LogP contribution in [0.4, 0.5) is 0 Å². The highest BCUT2D eigenvalue weighted by atomic mass is 16.5. The van der Waals surface area contributed by atoms with E-state index in [4.69, 9.17) is 4.74 Å². The largest absolute Gasteiger partial charge is 0.465 e. The molecule has 0 saturated heterocycles. The molecule has 6 heteroatoms. The zero-order chi connectivity index (χ0) is 23.1. The number of carbonyl (C=O) groups is 3. The van der Waals surface area contributed by atoms with Gasteiger partial charge in [0.25, 0.3) is 0 Å². The third-order valence-corrected chi connectivity index (χ3v) is 4.89. The molecule has 3 rings (SSSR count). The average Bonchev–Trinajstić information content (AvgIpc) is 2.86. The van der Waals surface area contributed by atoms with E-state index >= 15 is 0 Å². The zero-order valence-corrected chi connectivity index (χ0v) is 17.6. The van der Waals surface area contributed by atoms with Crippen LogP contribution in [0.15, 0.2) is 84.4 Å². The summed E-state index contributed by atoms with van der Waals surface area (Å²) in [5.74, 6) is -1.39. The number of esters is 2. The molecule has 1 unspecified atom stereocenters. The Labute approximate surface area is 185 Å². The number of benzene rings is 3. The lowest BCUT2D eigenvalue weighted by molar-refractivity contribution is 0.0592. The number of Topliss-reactive ketones (excluding diaryl/α,β-unsaturated/α-hetero) is 1. The van der Waals surface area contributed by atoms with Gasteiger partial charge in [0.05, 0.1) is 25.3 Å². The van der Waals surface area contributed by atoms with E-state index in [1.807, 2.05) is 30.3 Å². The monoisotopic (exact) mass is 430 g/mol. The minimum Gasteiger partial charge on any atom is -0.465 e. The van der Waals surface area contributed by atoms with E-state index < -0.39 is 23.8 Å². The van der Waals surface area contributed by atoms with Crippen molar-refractivity contribution < 1.29 is 29.0 Å². The normalized spacial score (nSPS) is 12.0. The minimum atomic E-state index is -1.24. The van der Waals surface area contributed by atoms with Gasteiger partial charge >= 0.3 is 11.9 Å². The molecule has 3 aromatic carbocycles. The average molecular weight is 430 g/mol. The Morgan fingerprint density at radius 1 is 0.719 bits per heavy atom. The summed E-state index contributed by atoms with van der Waals surface area (Å²) in [4.78, 5) is 36.7. The van der Waals surface area contributed by atoms with E-state index in [0.717, 1.165) is 5.56 Å². The van der Waals surface area contributed by atoms with Crippen molar-refractivity contribution >= 4 is 23.8 Å². The fourth-order valence-electron chi connectivity index (χ4n) is 3.14. The van der Waals surface area contributed by atoms with Crippen LogP contribution in [0.2, 0.25) is 0 Å². The maximum atomic E-state index is 13.3. The Balaban J connectivity index is 1.98. The number of aliphatic hydroxyl groups is 1. The van der Waals surface area contributed by atoms with Gasteiger partial charge in [0.2, 0.25) is 0 Å². The second-order valence-electron chi connectivity index (χ2n) is 6.92. The first-order valence-corrected chi connectivity index (χ1v) is 9.80. The summed E-state index contributed by atoms with van der Waals surface area (Å²) in [7, 11) is 2.57. The molecule has 1 N–H and O–H groups in total. The molecule has 0 spiro atoms. The molecule has 3 aromatic rings. The Bertz CT molecular complexity index is 1130. The summed E-state index contributed by atoms with van der Waals surface area (Å²) in [5.41, 5.74) is 2.29. The fraction of sp³-hybridized carbons (Fsp3) is 0.115. The first kappa shape index (κ1) is 22.7. The first-order valence-electron chi connectivity index (χ1n) is 9.80. The third kappa shape index (κ3) is 5.17. The van der Waals surface area contributed by atoms with E-state index in [2.05, 4.69) is 4.74 Å². The number of hydrogen-bond acceptors (Lipinski definition) is 6. The standard InChI is InChI=1S/C26H22O6/c1-31-25(29)20-12-8-18(9-13-20)23(27)22(16-17-6-4-3-5-7-17)24(28)19-10-14-21(15-11-19)26(30)32-2/h3-16,23,27H,1-2H3/b22-16-. The van der Waals surface area contributed by atoms with Crippen LogP contribution in [0.25, 0.3) is 6.08 Å². The van der Waals surface area contributed by atoms with Crippen LogP contribution in [0, 0.1) is 0 Å². The maximum Gasteiger partial charge on any atom is 0.337 e. The summed E-state index contributed by atoms with van der Waals surface area (Å²) >= 11 is 0. The quantitative estimate of drug-likeness (QED) is 0.342. The van der Waals surface area contributed by atoms with Gasteiger partial charge in [-0.05, 0) is 41.5 Å². The predicted molar refractivity (Wildman–Crippen MR) is 119 cm³/mol. The summed E-state index contributed by atoms with van der Waals surface area (Å²) < 4.78 is 9.38. The van der Waals surface area contributed by atoms with Gasteiger partial charge in [0, 0.05) is 11.1 Å². The maximum absolute atomic E-state index is 13.3. The molecule has 0 saturated carbocycles. The fourth-order valence-corrected chi connectivity index (χ4v) is 3.14. The Kier molecular flexibility index (Phi) is 7.31. The van der Waals surface area contributed by atoms with Crippen molar-refractivity contribution in [3.8, 4) is 0 Å². The third-order valence-electron chi connectivity index (χ3n) is 4.89. The number of ketones is 1. The zero-order valence-electron chi connectivity index (χ0n) is 17.6. The van der Waals surface area contributed by atoms with E-state index in [0.29, 0.717) is 22.3 Å². The summed E-state index contributed by atoms with van der Waals surface area (Å²) in [6.45, 7) is 0.